The van der Waals surface area contributed by atoms with Crippen LogP contribution in [-0.4, -0.2) is 50.1 Å². The zero-order valence-electron chi connectivity index (χ0n) is 14.4. The number of ether oxygens (including phenoxy) is 1. The summed E-state index contributed by atoms with van der Waals surface area (Å²) in [6.45, 7) is 0.440. The van der Waals surface area contributed by atoms with Crippen LogP contribution in [-0.2, 0) is 9.53 Å². The van der Waals surface area contributed by atoms with Crippen molar-refractivity contribution in [2.75, 3.05) is 13.2 Å². The van der Waals surface area contributed by atoms with Crippen LogP contribution in [0.1, 0.15) is 34.1 Å². The summed E-state index contributed by atoms with van der Waals surface area (Å²) >= 11 is 1.65. The van der Waals surface area contributed by atoms with Crippen molar-refractivity contribution in [3.8, 4) is 5.69 Å². The maximum Gasteiger partial charge on any atom is 0.338 e. The number of aromatic nitrogens is 4. The summed E-state index contributed by atoms with van der Waals surface area (Å²) in [5.74, 6) is -0.692. The number of likely N-dealkylation sites (tertiary alicyclic amines) is 1. The van der Waals surface area contributed by atoms with E-state index in [1.54, 1.807) is 40.5 Å². The first-order valence-electron chi connectivity index (χ1n) is 8.56. The van der Waals surface area contributed by atoms with Crippen molar-refractivity contribution in [3.63, 3.8) is 0 Å². The first-order chi connectivity index (χ1) is 13.2. The molecule has 0 unspecified atom stereocenters. The summed E-state index contributed by atoms with van der Waals surface area (Å²) in [5.41, 5.74) is 1.10. The lowest BCUT2D eigenvalue weighted by molar-refractivity contribution is -0.135. The quantitative estimate of drug-likeness (QED) is 0.628. The Bertz CT molecular complexity index is 909. The van der Waals surface area contributed by atoms with E-state index in [4.69, 9.17) is 4.74 Å². The predicted molar refractivity (Wildman–Crippen MR) is 97.4 cm³/mol. The lowest BCUT2D eigenvalue weighted by atomic mass is 10.2. The zero-order chi connectivity index (χ0) is 18.6. The fourth-order valence-electron chi connectivity index (χ4n) is 3.17. The summed E-state index contributed by atoms with van der Waals surface area (Å²) in [5, 5.41) is 12.9. The number of carbonyl (C=O) groups is 2. The van der Waals surface area contributed by atoms with Gasteiger partial charge in [0.15, 0.2) is 6.61 Å². The Morgan fingerprint density at radius 2 is 2.07 bits per heavy atom. The van der Waals surface area contributed by atoms with E-state index in [1.165, 1.54) is 15.9 Å². The van der Waals surface area contributed by atoms with Crippen molar-refractivity contribution in [1.82, 2.24) is 25.1 Å². The van der Waals surface area contributed by atoms with Gasteiger partial charge in [-0.1, -0.05) is 6.07 Å². The Morgan fingerprint density at radius 3 is 2.78 bits per heavy atom. The number of carbonyl (C=O) groups excluding carboxylic acids is 2. The molecule has 3 heterocycles. The number of thiophene rings is 1. The van der Waals surface area contributed by atoms with Crippen molar-refractivity contribution < 1.29 is 14.3 Å². The molecule has 4 rings (SSSR count). The molecule has 1 aliphatic heterocycles. The highest BCUT2D eigenvalue weighted by Crippen LogP contribution is 2.34. The van der Waals surface area contributed by atoms with Crippen LogP contribution in [0, 0.1) is 0 Å². The number of benzene rings is 1. The van der Waals surface area contributed by atoms with E-state index in [9.17, 15) is 9.59 Å². The summed E-state index contributed by atoms with van der Waals surface area (Å²) in [6, 6.07) is 10.8. The van der Waals surface area contributed by atoms with Crippen LogP contribution in [0.15, 0.2) is 48.1 Å². The lowest BCUT2D eigenvalue weighted by Crippen LogP contribution is -2.34. The van der Waals surface area contributed by atoms with Gasteiger partial charge in [0, 0.05) is 11.4 Å². The van der Waals surface area contributed by atoms with Crippen LogP contribution in [0.4, 0.5) is 0 Å². The molecule has 0 spiro atoms. The summed E-state index contributed by atoms with van der Waals surface area (Å²) in [6.07, 6.45) is 3.37. The van der Waals surface area contributed by atoms with Crippen LogP contribution in [0.25, 0.3) is 5.69 Å². The van der Waals surface area contributed by atoms with Crippen molar-refractivity contribution in [1.29, 1.82) is 0 Å². The molecule has 0 saturated carbocycles. The second kappa shape index (κ2) is 7.67. The zero-order valence-corrected chi connectivity index (χ0v) is 15.2. The average Bonchev–Trinajstić information content (AvgIpc) is 3.47. The molecule has 1 aromatic carbocycles. The van der Waals surface area contributed by atoms with E-state index in [1.807, 2.05) is 17.5 Å². The number of tetrazole rings is 1. The molecular weight excluding hydrogens is 366 g/mol. The molecule has 2 aromatic heterocycles. The number of nitrogens with zero attached hydrogens (tertiary/aromatic N) is 5. The number of esters is 1. The van der Waals surface area contributed by atoms with Crippen LogP contribution >= 0.6 is 11.3 Å². The van der Waals surface area contributed by atoms with Gasteiger partial charge in [-0.15, -0.1) is 16.4 Å². The standard InChI is InChI=1S/C18H17N5O3S/c24-17(22-9-1-3-15(22)16-4-2-10-27-16)11-26-18(25)13-5-7-14(8-6-13)23-12-19-20-21-23/h2,4-8,10,12,15H,1,3,9,11H2/t15-/m1/s1. The Labute approximate surface area is 159 Å². The number of rotatable bonds is 5. The molecule has 0 aliphatic carbocycles. The van der Waals surface area contributed by atoms with Gasteiger partial charge in [-0.3, -0.25) is 4.79 Å². The van der Waals surface area contributed by atoms with Crippen molar-refractivity contribution in [3.05, 3.63) is 58.5 Å². The van der Waals surface area contributed by atoms with Crippen LogP contribution in [0.5, 0.6) is 0 Å². The van der Waals surface area contributed by atoms with Gasteiger partial charge in [0.05, 0.1) is 17.3 Å². The van der Waals surface area contributed by atoms with Crippen molar-refractivity contribution in [2.45, 2.75) is 18.9 Å². The van der Waals surface area contributed by atoms with Crippen LogP contribution < -0.4 is 0 Å². The highest BCUT2D eigenvalue weighted by Gasteiger charge is 2.31. The molecule has 9 heteroatoms. The third kappa shape index (κ3) is 3.72. The Hall–Kier alpha value is -3.07. The van der Waals surface area contributed by atoms with E-state index < -0.39 is 5.97 Å². The Balaban J connectivity index is 1.35. The monoisotopic (exact) mass is 383 g/mol. The van der Waals surface area contributed by atoms with Crippen LogP contribution in [0.3, 0.4) is 0 Å². The van der Waals surface area contributed by atoms with E-state index in [-0.39, 0.29) is 18.6 Å². The maximum absolute atomic E-state index is 12.5. The molecule has 1 fully saturated rings. The van der Waals surface area contributed by atoms with Gasteiger partial charge in [-0.2, -0.15) is 0 Å². The third-order valence-electron chi connectivity index (χ3n) is 4.49. The molecule has 0 N–H and O–H groups in total. The fraction of sp³-hybridized carbons (Fsp3) is 0.278. The highest BCUT2D eigenvalue weighted by molar-refractivity contribution is 7.10. The SMILES string of the molecule is O=C(OCC(=O)N1CCC[C@@H]1c1cccs1)c1ccc(-n2cnnn2)cc1. The van der Waals surface area contributed by atoms with Gasteiger partial charge in [-0.05, 0) is 59.0 Å². The predicted octanol–water partition coefficient (Wildman–Crippen LogP) is 2.24. The number of amides is 1. The summed E-state index contributed by atoms with van der Waals surface area (Å²) in [4.78, 5) is 27.7. The smallest absolute Gasteiger partial charge is 0.338 e. The largest absolute Gasteiger partial charge is 0.452 e. The van der Waals surface area contributed by atoms with E-state index >= 15 is 0 Å². The summed E-state index contributed by atoms with van der Waals surface area (Å²) < 4.78 is 6.71. The molecule has 138 valence electrons. The van der Waals surface area contributed by atoms with Gasteiger partial charge in [-0.25, -0.2) is 9.48 Å². The highest BCUT2D eigenvalue weighted by atomic mass is 32.1. The average molecular weight is 383 g/mol. The fourth-order valence-corrected chi connectivity index (χ4v) is 4.04. The van der Waals surface area contributed by atoms with Crippen molar-refractivity contribution >= 4 is 23.2 Å². The topological polar surface area (TPSA) is 90.2 Å². The van der Waals surface area contributed by atoms with Crippen LogP contribution in [0.2, 0.25) is 0 Å². The second-order valence-electron chi connectivity index (χ2n) is 6.14. The molecule has 27 heavy (non-hydrogen) atoms. The third-order valence-corrected chi connectivity index (χ3v) is 5.46. The van der Waals surface area contributed by atoms with Gasteiger partial charge >= 0.3 is 5.97 Å². The van der Waals surface area contributed by atoms with Gasteiger partial charge in [0.1, 0.15) is 6.33 Å². The van der Waals surface area contributed by atoms with E-state index in [2.05, 4.69) is 15.5 Å². The minimum atomic E-state index is -0.529. The molecule has 0 bridgehead atoms. The molecule has 3 aromatic rings. The molecule has 8 nitrogen and oxygen atoms in total. The molecule has 1 saturated heterocycles. The minimum Gasteiger partial charge on any atom is -0.452 e. The van der Waals surface area contributed by atoms with Gasteiger partial charge in [0.2, 0.25) is 0 Å². The molecular formula is C18H17N5O3S. The number of hydrogen-bond donors (Lipinski definition) is 0. The second-order valence-corrected chi connectivity index (χ2v) is 7.12. The van der Waals surface area contributed by atoms with Gasteiger partial charge < -0.3 is 9.64 Å². The first kappa shape index (κ1) is 17.3. The Kier molecular flexibility index (Phi) is 4.93. The lowest BCUT2D eigenvalue weighted by Gasteiger charge is -2.23. The minimum absolute atomic E-state index is 0.0896. The van der Waals surface area contributed by atoms with E-state index in [0.29, 0.717) is 12.1 Å². The number of hydrogen-bond acceptors (Lipinski definition) is 7. The molecule has 1 aliphatic rings. The molecule has 1 atom stereocenters. The van der Waals surface area contributed by atoms with E-state index in [0.717, 1.165) is 18.5 Å². The van der Waals surface area contributed by atoms with Gasteiger partial charge in [0.25, 0.3) is 5.91 Å². The first-order valence-corrected chi connectivity index (χ1v) is 9.44. The maximum atomic E-state index is 12.5. The molecule has 1 amide bonds. The summed E-state index contributed by atoms with van der Waals surface area (Å²) in [7, 11) is 0. The normalized spacial score (nSPS) is 16.4. The molecule has 0 radical (unpaired) electrons. The Morgan fingerprint density at radius 1 is 1.22 bits per heavy atom. The van der Waals surface area contributed by atoms with Crippen molar-refractivity contribution in [2.24, 2.45) is 0 Å².